The van der Waals surface area contributed by atoms with Gasteiger partial charge in [-0.3, -0.25) is 10.1 Å². The van der Waals surface area contributed by atoms with Crippen LogP contribution in [0.25, 0.3) is 0 Å². The molecule has 86 valence electrons. The molecule has 4 nitrogen and oxygen atoms in total. The first-order valence-electron chi connectivity index (χ1n) is 5.31. The minimum atomic E-state index is -0.284. The molecule has 2 aliphatic rings. The Morgan fingerprint density at radius 3 is 2.80 bits per heavy atom. The summed E-state index contributed by atoms with van der Waals surface area (Å²) in [5.74, 6) is 1.78. The molecule has 1 saturated carbocycles. The molecule has 0 aromatic carbocycles. The largest absolute Gasteiger partial charge is 0.392 e. The van der Waals surface area contributed by atoms with E-state index < -0.39 is 0 Å². The average molecular weight is 230 g/mol. The number of rotatable bonds is 2. The van der Waals surface area contributed by atoms with Gasteiger partial charge in [-0.1, -0.05) is 13.8 Å². The molecule has 0 bridgehead atoms. The third-order valence-corrected chi connectivity index (χ3v) is 4.51. The van der Waals surface area contributed by atoms with Crippen LogP contribution in [0.1, 0.15) is 20.3 Å². The molecule has 0 aromatic heterocycles. The zero-order valence-corrected chi connectivity index (χ0v) is 9.93. The van der Waals surface area contributed by atoms with Crippen LogP contribution in [0.5, 0.6) is 0 Å². The highest BCUT2D eigenvalue weighted by Crippen LogP contribution is 2.40. The topological polar surface area (TPSA) is 61.4 Å². The van der Waals surface area contributed by atoms with Crippen molar-refractivity contribution in [1.29, 1.82) is 0 Å². The normalized spacial score (nSPS) is 38.5. The SMILES string of the molecule is CC1(C)C(O)CC1NC(=O)C1CSCN1. The Kier molecular flexibility index (Phi) is 2.96. The van der Waals surface area contributed by atoms with E-state index in [9.17, 15) is 9.90 Å². The van der Waals surface area contributed by atoms with E-state index in [-0.39, 0.29) is 29.5 Å². The minimum absolute atomic E-state index is 0.0523. The van der Waals surface area contributed by atoms with Crippen molar-refractivity contribution in [2.75, 3.05) is 11.6 Å². The van der Waals surface area contributed by atoms with Crippen LogP contribution < -0.4 is 10.6 Å². The van der Waals surface area contributed by atoms with Gasteiger partial charge in [0.05, 0.1) is 12.1 Å². The van der Waals surface area contributed by atoms with Crippen LogP contribution in [0, 0.1) is 5.41 Å². The van der Waals surface area contributed by atoms with E-state index in [1.54, 1.807) is 11.8 Å². The summed E-state index contributed by atoms with van der Waals surface area (Å²) in [4.78, 5) is 11.8. The lowest BCUT2D eigenvalue weighted by atomic mass is 9.64. The van der Waals surface area contributed by atoms with Gasteiger partial charge in [0.2, 0.25) is 5.91 Å². The molecule has 3 unspecified atom stereocenters. The third kappa shape index (κ3) is 2.00. The Bertz CT molecular complexity index is 264. The van der Waals surface area contributed by atoms with Gasteiger partial charge in [0.15, 0.2) is 0 Å². The van der Waals surface area contributed by atoms with Gasteiger partial charge in [-0.05, 0) is 6.42 Å². The molecule has 0 radical (unpaired) electrons. The fraction of sp³-hybridized carbons (Fsp3) is 0.900. The first-order valence-corrected chi connectivity index (χ1v) is 6.47. The summed E-state index contributed by atoms with van der Waals surface area (Å²) in [6, 6.07) is 0.0657. The van der Waals surface area contributed by atoms with Crippen LogP contribution in [0.4, 0.5) is 0 Å². The predicted octanol–water partition coefficient (Wildman–Crippen LogP) is -0.0755. The molecule has 3 N–H and O–H groups in total. The zero-order valence-electron chi connectivity index (χ0n) is 9.12. The molecule has 1 heterocycles. The number of carbonyl (C=O) groups is 1. The number of nitrogens with one attached hydrogen (secondary N) is 2. The Morgan fingerprint density at radius 1 is 1.60 bits per heavy atom. The summed E-state index contributed by atoms with van der Waals surface area (Å²) in [5, 5.41) is 15.7. The highest BCUT2D eigenvalue weighted by Gasteiger charge is 2.48. The van der Waals surface area contributed by atoms with Crippen LogP contribution in [0.15, 0.2) is 0 Å². The Labute approximate surface area is 94.2 Å². The maximum atomic E-state index is 11.8. The first-order chi connectivity index (χ1) is 7.01. The quantitative estimate of drug-likeness (QED) is 0.621. The highest BCUT2D eigenvalue weighted by atomic mass is 32.2. The molecule has 2 fully saturated rings. The van der Waals surface area contributed by atoms with Crippen molar-refractivity contribution in [2.24, 2.45) is 5.41 Å². The van der Waals surface area contributed by atoms with Crippen molar-refractivity contribution in [3.63, 3.8) is 0 Å². The summed E-state index contributed by atoms with van der Waals surface area (Å²) in [5.41, 5.74) is -0.179. The second kappa shape index (κ2) is 3.96. The molecule has 1 aliphatic carbocycles. The van der Waals surface area contributed by atoms with Gasteiger partial charge in [0, 0.05) is 23.1 Å². The van der Waals surface area contributed by atoms with Crippen molar-refractivity contribution < 1.29 is 9.90 Å². The average Bonchev–Trinajstić information content (AvgIpc) is 2.70. The lowest BCUT2D eigenvalue weighted by Gasteiger charge is -2.49. The van der Waals surface area contributed by atoms with E-state index >= 15 is 0 Å². The standard InChI is InChI=1S/C10H18N2O2S/c1-10(2)7(3-8(10)13)12-9(14)6-4-15-5-11-6/h6-8,11,13H,3-5H2,1-2H3,(H,12,14). The third-order valence-electron chi connectivity index (χ3n) is 3.57. The highest BCUT2D eigenvalue weighted by molar-refractivity contribution is 7.99. The molecule has 1 saturated heterocycles. The van der Waals surface area contributed by atoms with Gasteiger partial charge in [-0.25, -0.2) is 0 Å². The van der Waals surface area contributed by atoms with E-state index in [1.807, 2.05) is 13.8 Å². The molecule has 0 aromatic rings. The maximum absolute atomic E-state index is 11.8. The molecule has 1 aliphatic heterocycles. The predicted molar refractivity (Wildman–Crippen MR) is 60.6 cm³/mol. The van der Waals surface area contributed by atoms with E-state index in [1.165, 1.54) is 0 Å². The first kappa shape index (κ1) is 11.2. The second-order valence-electron chi connectivity index (χ2n) is 4.91. The summed E-state index contributed by atoms with van der Waals surface area (Å²) < 4.78 is 0. The monoisotopic (exact) mass is 230 g/mol. The fourth-order valence-corrected chi connectivity index (χ4v) is 2.93. The van der Waals surface area contributed by atoms with Crippen molar-refractivity contribution in [2.45, 2.75) is 38.5 Å². The number of hydrogen-bond acceptors (Lipinski definition) is 4. The number of amides is 1. The molecular formula is C10H18N2O2S. The van der Waals surface area contributed by atoms with Crippen LogP contribution in [-0.2, 0) is 4.79 Å². The maximum Gasteiger partial charge on any atom is 0.238 e. The molecule has 1 amide bonds. The van der Waals surface area contributed by atoms with E-state index in [0.717, 1.165) is 11.6 Å². The summed E-state index contributed by atoms with van der Waals surface area (Å²) in [7, 11) is 0. The van der Waals surface area contributed by atoms with Crippen LogP contribution in [-0.4, -0.2) is 40.8 Å². The van der Waals surface area contributed by atoms with Gasteiger partial charge in [0.25, 0.3) is 0 Å². The molecule has 2 rings (SSSR count). The molecule has 5 heteroatoms. The number of aliphatic hydroxyl groups excluding tert-OH is 1. The van der Waals surface area contributed by atoms with Crippen molar-refractivity contribution >= 4 is 17.7 Å². The van der Waals surface area contributed by atoms with Crippen LogP contribution in [0.3, 0.4) is 0 Å². The Balaban J connectivity index is 1.85. The van der Waals surface area contributed by atoms with E-state index in [2.05, 4.69) is 10.6 Å². The number of hydrogen-bond donors (Lipinski definition) is 3. The van der Waals surface area contributed by atoms with Crippen molar-refractivity contribution in [3.05, 3.63) is 0 Å². The molecule has 3 atom stereocenters. The van der Waals surface area contributed by atoms with Crippen molar-refractivity contribution in [3.8, 4) is 0 Å². The van der Waals surface area contributed by atoms with Gasteiger partial charge < -0.3 is 10.4 Å². The minimum Gasteiger partial charge on any atom is -0.392 e. The van der Waals surface area contributed by atoms with E-state index in [0.29, 0.717) is 6.42 Å². The molecule has 15 heavy (non-hydrogen) atoms. The summed E-state index contributed by atoms with van der Waals surface area (Å²) in [6.45, 7) is 3.98. The van der Waals surface area contributed by atoms with Gasteiger partial charge in [-0.15, -0.1) is 11.8 Å². The Morgan fingerprint density at radius 2 is 2.33 bits per heavy atom. The van der Waals surface area contributed by atoms with Gasteiger partial charge in [-0.2, -0.15) is 0 Å². The van der Waals surface area contributed by atoms with Gasteiger partial charge in [0.1, 0.15) is 0 Å². The van der Waals surface area contributed by atoms with Crippen LogP contribution in [0.2, 0.25) is 0 Å². The fourth-order valence-electron chi connectivity index (χ4n) is 1.98. The second-order valence-corrected chi connectivity index (χ2v) is 5.94. The molecule has 0 spiro atoms. The number of carbonyl (C=O) groups excluding carboxylic acids is 1. The Hall–Kier alpha value is -0.260. The number of thioether (sulfide) groups is 1. The number of aliphatic hydroxyl groups is 1. The smallest absolute Gasteiger partial charge is 0.238 e. The lowest BCUT2D eigenvalue weighted by Crippen LogP contribution is -2.63. The van der Waals surface area contributed by atoms with Gasteiger partial charge >= 0.3 is 0 Å². The summed E-state index contributed by atoms with van der Waals surface area (Å²) in [6.07, 6.45) is 0.396. The van der Waals surface area contributed by atoms with Crippen molar-refractivity contribution in [1.82, 2.24) is 10.6 Å². The lowest BCUT2D eigenvalue weighted by molar-refractivity contribution is -0.130. The van der Waals surface area contributed by atoms with E-state index in [4.69, 9.17) is 0 Å². The summed E-state index contributed by atoms with van der Waals surface area (Å²) >= 11 is 1.74. The van der Waals surface area contributed by atoms with Crippen LogP contribution >= 0.6 is 11.8 Å². The zero-order chi connectivity index (χ0) is 11.1. The molecular weight excluding hydrogens is 212 g/mol.